The number of nitrogen functional groups attached to an aromatic ring is 1. The minimum Gasteiger partial charge on any atom is -0.457 e. The molecule has 0 radical (unpaired) electrons. The van der Waals surface area contributed by atoms with Crippen LogP contribution in [0.4, 0.5) is 5.69 Å². The molecule has 27 heavy (non-hydrogen) atoms. The van der Waals surface area contributed by atoms with Crippen LogP contribution >= 0.6 is 0 Å². The molecule has 6 heteroatoms. The van der Waals surface area contributed by atoms with Crippen LogP contribution in [0.3, 0.4) is 0 Å². The zero-order valence-electron chi connectivity index (χ0n) is 15.6. The Labute approximate surface area is 159 Å². The number of H-pyrrole nitrogens is 1. The first-order chi connectivity index (χ1) is 13.2. The van der Waals surface area contributed by atoms with Crippen LogP contribution in [0.25, 0.3) is 11.4 Å². The third kappa shape index (κ3) is 5.32. The molecule has 3 N–H and O–H groups in total. The van der Waals surface area contributed by atoms with E-state index in [9.17, 15) is 0 Å². The first kappa shape index (κ1) is 18.9. The van der Waals surface area contributed by atoms with Gasteiger partial charge in [-0.1, -0.05) is 0 Å². The van der Waals surface area contributed by atoms with Gasteiger partial charge in [-0.25, -0.2) is 0 Å². The van der Waals surface area contributed by atoms with Gasteiger partial charge in [0.15, 0.2) is 6.29 Å². The number of ether oxygens (including phenoxy) is 3. The molecule has 1 aromatic carbocycles. The number of aromatic amines is 1. The molecule has 6 nitrogen and oxygen atoms in total. The summed E-state index contributed by atoms with van der Waals surface area (Å²) in [6.07, 6.45) is 4.12. The second-order valence-corrected chi connectivity index (χ2v) is 6.01. The summed E-state index contributed by atoms with van der Waals surface area (Å²) in [4.78, 5) is 7.70. The lowest BCUT2D eigenvalue weighted by molar-refractivity contribution is -0.134. The number of anilines is 1. The van der Waals surface area contributed by atoms with E-state index < -0.39 is 0 Å². The van der Waals surface area contributed by atoms with Gasteiger partial charge in [0, 0.05) is 43.8 Å². The molecule has 0 spiro atoms. The van der Waals surface area contributed by atoms with Crippen LogP contribution in [-0.4, -0.2) is 29.5 Å². The Hall–Kier alpha value is -2.83. The van der Waals surface area contributed by atoms with E-state index in [0.717, 1.165) is 22.7 Å². The number of nitrogens with one attached hydrogen (secondary N) is 1. The summed E-state index contributed by atoms with van der Waals surface area (Å²) in [7, 11) is 0. The van der Waals surface area contributed by atoms with Crippen LogP contribution in [0.2, 0.25) is 0 Å². The van der Waals surface area contributed by atoms with Crippen LogP contribution in [0, 0.1) is 0 Å². The molecule has 2 heterocycles. The van der Waals surface area contributed by atoms with Crippen LogP contribution in [0.5, 0.6) is 11.5 Å². The van der Waals surface area contributed by atoms with Gasteiger partial charge in [-0.2, -0.15) is 0 Å². The van der Waals surface area contributed by atoms with E-state index in [1.165, 1.54) is 0 Å². The summed E-state index contributed by atoms with van der Waals surface area (Å²) in [5.74, 6) is 1.44. The molecule has 0 unspecified atom stereocenters. The van der Waals surface area contributed by atoms with Crippen molar-refractivity contribution in [2.45, 2.75) is 26.6 Å². The normalized spacial score (nSPS) is 11.1. The second kappa shape index (κ2) is 9.21. The van der Waals surface area contributed by atoms with E-state index in [2.05, 4.69) is 16.0 Å². The Balaban J connectivity index is 1.71. The van der Waals surface area contributed by atoms with Gasteiger partial charge in [-0.15, -0.1) is 0 Å². The van der Waals surface area contributed by atoms with Crippen LogP contribution in [-0.2, 0) is 15.9 Å². The Morgan fingerprint density at radius 2 is 1.74 bits per heavy atom. The lowest BCUT2D eigenvalue weighted by atomic mass is 10.2. The number of hydrogen-bond donors (Lipinski definition) is 2. The van der Waals surface area contributed by atoms with Gasteiger partial charge in [0.05, 0.1) is 11.4 Å². The van der Waals surface area contributed by atoms with Gasteiger partial charge >= 0.3 is 0 Å². The molecule has 0 fully saturated rings. The highest BCUT2D eigenvalue weighted by atomic mass is 16.7. The lowest BCUT2D eigenvalue weighted by Gasteiger charge is -2.15. The molecule has 0 saturated heterocycles. The average Bonchev–Trinajstić information content (AvgIpc) is 3.13. The SMILES string of the molecule is CCOC(Cc1c[nH]c(-c2cc(Oc3ccc(N)cc3)ccn2)c1)OCC. The molecule has 0 aliphatic rings. The van der Waals surface area contributed by atoms with Crippen molar-refractivity contribution in [1.82, 2.24) is 9.97 Å². The molecule has 3 aromatic rings. The van der Waals surface area contributed by atoms with E-state index >= 15 is 0 Å². The van der Waals surface area contributed by atoms with Crippen LogP contribution < -0.4 is 10.5 Å². The summed E-state index contributed by atoms with van der Waals surface area (Å²) >= 11 is 0. The van der Waals surface area contributed by atoms with E-state index in [1.54, 1.807) is 6.20 Å². The van der Waals surface area contributed by atoms with E-state index in [-0.39, 0.29) is 6.29 Å². The van der Waals surface area contributed by atoms with Gasteiger partial charge in [0.1, 0.15) is 11.5 Å². The van der Waals surface area contributed by atoms with Crippen molar-refractivity contribution in [2.75, 3.05) is 18.9 Å². The second-order valence-electron chi connectivity index (χ2n) is 6.01. The predicted molar refractivity (Wildman–Crippen MR) is 106 cm³/mol. The summed E-state index contributed by atoms with van der Waals surface area (Å²) in [5, 5.41) is 0. The number of rotatable bonds is 9. The van der Waals surface area contributed by atoms with Crippen molar-refractivity contribution < 1.29 is 14.2 Å². The summed E-state index contributed by atoms with van der Waals surface area (Å²) in [5.41, 5.74) is 9.23. The van der Waals surface area contributed by atoms with Crippen LogP contribution in [0.1, 0.15) is 19.4 Å². The van der Waals surface area contributed by atoms with Gasteiger partial charge < -0.3 is 24.9 Å². The third-order valence-corrected chi connectivity index (χ3v) is 3.97. The number of benzene rings is 1. The van der Waals surface area contributed by atoms with Crippen molar-refractivity contribution in [1.29, 1.82) is 0 Å². The molecule has 0 aliphatic heterocycles. The number of aromatic nitrogens is 2. The monoisotopic (exact) mass is 367 g/mol. The largest absolute Gasteiger partial charge is 0.457 e. The van der Waals surface area contributed by atoms with Crippen molar-refractivity contribution in [3.05, 3.63) is 60.4 Å². The zero-order chi connectivity index (χ0) is 19.1. The van der Waals surface area contributed by atoms with Crippen LogP contribution in [0.15, 0.2) is 54.9 Å². The Morgan fingerprint density at radius 3 is 2.44 bits per heavy atom. The number of nitrogens with zero attached hydrogens (tertiary/aromatic N) is 1. The van der Waals surface area contributed by atoms with Gasteiger partial charge in [-0.05, 0) is 55.8 Å². The molecule has 142 valence electrons. The number of hydrogen-bond acceptors (Lipinski definition) is 5. The molecule has 0 saturated carbocycles. The fourth-order valence-corrected chi connectivity index (χ4v) is 2.73. The molecule has 0 atom stereocenters. The van der Waals surface area contributed by atoms with Gasteiger partial charge in [0.25, 0.3) is 0 Å². The highest BCUT2D eigenvalue weighted by Crippen LogP contribution is 2.26. The smallest absolute Gasteiger partial charge is 0.161 e. The number of nitrogens with two attached hydrogens (primary N) is 1. The highest BCUT2D eigenvalue weighted by Gasteiger charge is 2.12. The maximum atomic E-state index is 5.88. The van der Waals surface area contributed by atoms with E-state index in [0.29, 0.717) is 31.1 Å². The Morgan fingerprint density at radius 1 is 1.00 bits per heavy atom. The molecule has 0 aliphatic carbocycles. The maximum Gasteiger partial charge on any atom is 0.161 e. The topological polar surface area (TPSA) is 82.4 Å². The maximum absolute atomic E-state index is 5.88. The van der Waals surface area contributed by atoms with Gasteiger partial charge in [0.2, 0.25) is 0 Å². The van der Waals surface area contributed by atoms with Gasteiger partial charge in [-0.3, -0.25) is 4.98 Å². The number of pyridine rings is 1. The van der Waals surface area contributed by atoms with Crippen molar-refractivity contribution in [2.24, 2.45) is 0 Å². The quantitative estimate of drug-likeness (QED) is 0.433. The minimum absolute atomic E-state index is 0.239. The van der Waals surface area contributed by atoms with Crippen molar-refractivity contribution in [3.63, 3.8) is 0 Å². The van der Waals surface area contributed by atoms with E-state index in [1.807, 2.05) is 56.4 Å². The molecule has 2 aromatic heterocycles. The predicted octanol–water partition coefficient (Wildman–Crippen LogP) is 4.39. The molecular formula is C21H25N3O3. The molecule has 0 amide bonds. The first-order valence-corrected chi connectivity index (χ1v) is 9.08. The zero-order valence-corrected chi connectivity index (χ0v) is 15.6. The highest BCUT2D eigenvalue weighted by molar-refractivity contribution is 5.58. The fraction of sp³-hybridized carbons (Fsp3) is 0.286. The molecule has 0 bridgehead atoms. The average molecular weight is 367 g/mol. The molecule has 3 rings (SSSR count). The minimum atomic E-state index is -0.239. The van der Waals surface area contributed by atoms with Crippen molar-refractivity contribution >= 4 is 5.69 Å². The Kier molecular flexibility index (Phi) is 6.46. The first-order valence-electron chi connectivity index (χ1n) is 9.08. The third-order valence-electron chi connectivity index (χ3n) is 3.97. The van der Waals surface area contributed by atoms with E-state index in [4.69, 9.17) is 19.9 Å². The summed E-state index contributed by atoms with van der Waals surface area (Å²) in [6.45, 7) is 5.16. The standard InChI is InChI=1S/C21H25N3O3/c1-3-25-21(26-4-2)12-15-11-19(24-14-15)20-13-18(9-10-23-20)27-17-7-5-16(22)6-8-17/h5-11,13-14,21,24H,3-4,12,22H2,1-2H3. The summed E-state index contributed by atoms with van der Waals surface area (Å²) in [6, 6.07) is 13.1. The Bertz CT molecular complexity index is 840. The lowest BCUT2D eigenvalue weighted by Crippen LogP contribution is -2.19. The molecular weight excluding hydrogens is 342 g/mol. The fourth-order valence-electron chi connectivity index (χ4n) is 2.73. The summed E-state index contributed by atoms with van der Waals surface area (Å²) < 4.78 is 17.1. The van der Waals surface area contributed by atoms with Crippen molar-refractivity contribution in [3.8, 4) is 22.9 Å².